The molecule has 5 rings (SSSR count). The second-order valence-corrected chi connectivity index (χ2v) is 10.8. The van der Waals surface area contributed by atoms with Crippen LogP contribution in [0, 0.1) is 0 Å². The van der Waals surface area contributed by atoms with Gasteiger partial charge >= 0.3 is 0 Å². The van der Waals surface area contributed by atoms with Gasteiger partial charge in [0, 0.05) is 0 Å². The maximum atomic E-state index is 2.35. The molecule has 0 bridgehead atoms. The molecule has 0 nitrogen and oxygen atoms in total. The van der Waals surface area contributed by atoms with Gasteiger partial charge in [-0.25, -0.2) is 0 Å². The fraction of sp³-hybridized carbons (Fsp3) is 0.267. The van der Waals surface area contributed by atoms with Gasteiger partial charge in [-0.3, -0.25) is 0 Å². The fourth-order valence-electron chi connectivity index (χ4n) is 4.64. The van der Waals surface area contributed by atoms with Crippen molar-refractivity contribution in [2.24, 2.45) is 0 Å². The Hall–Kier alpha value is -2.86. The van der Waals surface area contributed by atoms with E-state index in [0.29, 0.717) is 0 Å². The first kappa shape index (κ1) is 19.1. The van der Waals surface area contributed by atoms with Crippen molar-refractivity contribution in [2.75, 3.05) is 0 Å². The van der Waals surface area contributed by atoms with Crippen molar-refractivity contribution in [1.29, 1.82) is 0 Å². The van der Waals surface area contributed by atoms with E-state index >= 15 is 0 Å². The van der Waals surface area contributed by atoms with Gasteiger partial charge < -0.3 is 0 Å². The average Bonchev–Trinajstić information content (AvgIpc) is 2.70. The van der Waals surface area contributed by atoms with Gasteiger partial charge in [-0.15, -0.1) is 0 Å². The quantitative estimate of drug-likeness (QED) is 0.232. The zero-order valence-electron chi connectivity index (χ0n) is 18.9. The van der Waals surface area contributed by atoms with E-state index in [9.17, 15) is 0 Å². The lowest BCUT2D eigenvalue weighted by Crippen LogP contribution is -2.10. The molecule has 0 saturated carbocycles. The highest BCUT2D eigenvalue weighted by molar-refractivity contribution is 6.22. The van der Waals surface area contributed by atoms with E-state index in [4.69, 9.17) is 0 Å². The minimum Gasteiger partial charge on any atom is -0.0578 e. The van der Waals surface area contributed by atoms with Gasteiger partial charge in [0.2, 0.25) is 0 Å². The van der Waals surface area contributed by atoms with Gasteiger partial charge in [-0.05, 0) is 65.0 Å². The molecule has 0 saturated heterocycles. The Bertz CT molecular complexity index is 1320. The van der Waals surface area contributed by atoms with Crippen LogP contribution in [0.3, 0.4) is 0 Å². The molecule has 0 atom stereocenters. The van der Waals surface area contributed by atoms with Crippen LogP contribution in [0.4, 0.5) is 0 Å². The molecule has 0 aromatic heterocycles. The summed E-state index contributed by atoms with van der Waals surface area (Å²) in [5.74, 6) is 0. The van der Waals surface area contributed by atoms with E-state index in [1.165, 1.54) is 54.2 Å². The highest BCUT2D eigenvalue weighted by Gasteiger charge is 2.16. The number of hydrogen-bond donors (Lipinski definition) is 0. The Kier molecular flexibility index (Phi) is 4.03. The number of benzene rings is 5. The lowest BCUT2D eigenvalue weighted by Gasteiger charge is -2.20. The van der Waals surface area contributed by atoms with E-state index < -0.39 is 0 Å². The van der Waals surface area contributed by atoms with Crippen molar-refractivity contribution in [3.8, 4) is 0 Å². The second kappa shape index (κ2) is 6.32. The molecule has 0 fully saturated rings. The van der Waals surface area contributed by atoms with Crippen LogP contribution in [0.25, 0.3) is 43.1 Å². The summed E-state index contributed by atoms with van der Waals surface area (Å²) in [5, 5.41) is 10.7. The standard InChI is InChI=1S/C30H30/c1-29(2,3)21-9-13-23-19(17-21)7-11-27-25(23)15-16-26-24-14-10-22(30(4,5)6)18-20(24)8-12-28(26)27/h7-18H,1-6H3. The van der Waals surface area contributed by atoms with E-state index in [2.05, 4.69) is 114 Å². The van der Waals surface area contributed by atoms with Crippen LogP contribution in [0.5, 0.6) is 0 Å². The SMILES string of the molecule is CC(C)(C)c1ccc2c(ccc3c2ccc2c4ccc(C(C)(C)C)cc4ccc23)c1. The summed E-state index contributed by atoms with van der Waals surface area (Å²) in [6.07, 6.45) is 0. The third-order valence-electron chi connectivity index (χ3n) is 6.56. The van der Waals surface area contributed by atoms with Crippen molar-refractivity contribution < 1.29 is 0 Å². The Labute approximate surface area is 179 Å². The minimum absolute atomic E-state index is 0.164. The summed E-state index contributed by atoms with van der Waals surface area (Å²) in [5.41, 5.74) is 3.10. The van der Waals surface area contributed by atoms with Gasteiger partial charge in [0.15, 0.2) is 0 Å². The summed E-state index contributed by atoms with van der Waals surface area (Å²) in [6.45, 7) is 13.7. The van der Waals surface area contributed by atoms with Crippen molar-refractivity contribution in [1.82, 2.24) is 0 Å². The molecule has 0 unspecified atom stereocenters. The zero-order valence-corrected chi connectivity index (χ0v) is 18.9. The molecule has 5 aromatic rings. The van der Waals surface area contributed by atoms with E-state index in [1.807, 2.05) is 0 Å². The Balaban J connectivity index is 1.78. The van der Waals surface area contributed by atoms with Crippen LogP contribution in [0.2, 0.25) is 0 Å². The van der Waals surface area contributed by atoms with Gasteiger partial charge in [-0.1, -0.05) is 114 Å². The topological polar surface area (TPSA) is 0 Å². The highest BCUT2D eigenvalue weighted by atomic mass is 14.2. The molecule has 0 N–H and O–H groups in total. The predicted octanol–water partition coefficient (Wildman–Crippen LogP) is 8.89. The number of hydrogen-bond acceptors (Lipinski definition) is 0. The van der Waals surface area contributed by atoms with Crippen LogP contribution >= 0.6 is 0 Å². The maximum Gasteiger partial charge on any atom is -0.00987 e. The first-order valence-electron chi connectivity index (χ1n) is 11.0. The zero-order chi connectivity index (χ0) is 21.3. The first-order valence-corrected chi connectivity index (χ1v) is 11.0. The largest absolute Gasteiger partial charge is 0.0578 e. The molecule has 0 aliphatic rings. The monoisotopic (exact) mass is 390 g/mol. The van der Waals surface area contributed by atoms with Crippen LogP contribution in [-0.2, 0) is 10.8 Å². The normalized spacial score (nSPS) is 13.0. The molecule has 0 heteroatoms. The lowest BCUT2D eigenvalue weighted by molar-refractivity contribution is 0.591. The Morgan fingerprint density at radius 2 is 0.667 bits per heavy atom. The molecule has 0 heterocycles. The smallest absolute Gasteiger partial charge is 0.00987 e. The molecule has 30 heavy (non-hydrogen) atoms. The lowest BCUT2D eigenvalue weighted by atomic mass is 9.84. The third kappa shape index (κ3) is 2.98. The molecule has 0 aliphatic heterocycles. The first-order chi connectivity index (χ1) is 14.1. The van der Waals surface area contributed by atoms with Crippen molar-refractivity contribution in [2.45, 2.75) is 52.4 Å². The molecule has 5 aromatic carbocycles. The maximum absolute atomic E-state index is 2.35. The minimum atomic E-state index is 0.164. The van der Waals surface area contributed by atoms with Crippen LogP contribution in [-0.4, -0.2) is 0 Å². The Morgan fingerprint density at radius 1 is 0.367 bits per heavy atom. The molecule has 150 valence electrons. The van der Waals surface area contributed by atoms with E-state index in [0.717, 1.165) is 0 Å². The summed E-state index contributed by atoms with van der Waals surface area (Å²) in [4.78, 5) is 0. The van der Waals surface area contributed by atoms with Crippen LogP contribution < -0.4 is 0 Å². The second-order valence-electron chi connectivity index (χ2n) is 10.8. The van der Waals surface area contributed by atoms with Crippen molar-refractivity contribution >= 4 is 43.1 Å². The molecular weight excluding hydrogens is 360 g/mol. The van der Waals surface area contributed by atoms with E-state index in [1.54, 1.807) is 0 Å². The molecular formula is C30H30. The fourth-order valence-corrected chi connectivity index (χ4v) is 4.64. The summed E-state index contributed by atoms with van der Waals surface area (Å²) >= 11 is 0. The van der Waals surface area contributed by atoms with Gasteiger partial charge in [0.25, 0.3) is 0 Å². The number of rotatable bonds is 0. The number of fused-ring (bicyclic) bond motifs is 7. The predicted molar refractivity (Wildman–Crippen MR) is 134 cm³/mol. The van der Waals surface area contributed by atoms with E-state index in [-0.39, 0.29) is 10.8 Å². The third-order valence-corrected chi connectivity index (χ3v) is 6.56. The highest BCUT2D eigenvalue weighted by Crippen LogP contribution is 2.37. The van der Waals surface area contributed by atoms with Crippen LogP contribution in [0.1, 0.15) is 52.7 Å². The molecule has 0 radical (unpaired) electrons. The Morgan fingerprint density at radius 3 is 1.03 bits per heavy atom. The van der Waals surface area contributed by atoms with Crippen molar-refractivity contribution in [3.63, 3.8) is 0 Å². The van der Waals surface area contributed by atoms with Gasteiger partial charge in [0.05, 0.1) is 0 Å². The summed E-state index contributed by atoms with van der Waals surface area (Å²) in [7, 11) is 0. The summed E-state index contributed by atoms with van der Waals surface area (Å²) < 4.78 is 0. The van der Waals surface area contributed by atoms with Gasteiger partial charge in [-0.2, -0.15) is 0 Å². The van der Waals surface area contributed by atoms with Crippen molar-refractivity contribution in [3.05, 3.63) is 83.9 Å². The summed E-state index contributed by atoms with van der Waals surface area (Å²) in [6, 6.07) is 27.7. The molecule has 0 amide bonds. The molecule has 0 aliphatic carbocycles. The van der Waals surface area contributed by atoms with Crippen LogP contribution in [0.15, 0.2) is 72.8 Å². The molecule has 0 spiro atoms. The van der Waals surface area contributed by atoms with Gasteiger partial charge in [0.1, 0.15) is 0 Å². The average molecular weight is 391 g/mol.